The maximum absolute atomic E-state index is 8.67. The molecule has 0 amide bonds. The van der Waals surface area contributed by atoms with Crippen molar-refractivity contribution in [1.29, 1.82) is 0 Å². The summed E-state index contributed by atoms with van der Waals surface area (Å²) < 4.78 is 5.11. The van der Waals surface area contributed by atoms with Crippen LogP contribution in [-0.4, -0.2) is 27.6 Å². The third kappa shape index (κ3) is 2.03. The molecule has 1 aromatic rings. The number of aliphatic hydroxyl groups excluding tert-OH is 1. The molecule has 1 aliphatic heterocycles. The summed E-state index contributed by atoms with van der Waals surface area (Å²) in [5.41, 5.74) is 0. The molecule has 0 aliphatic carbocycles. The van der Waals surface area contributed by atoms with E-state index in [9.17, 15) is 0 Å². The third-order valence-electron chi connectivity index (χ3n) is 2.02. The summed E-state index contributed by atoms with van der Waals surface area (Å²) >= 11 is 1.87. The summed E-state index contributed by atoms with van der Waals surface area (Å²) in [6.45, 7) is 0.0801. The molecule has 2 rings (SSSR count). The molecule has 0 aromatic carbocycles. The second-order valence-electron chi connectivity index (χ2n) is 3.02. The molecule has 5 heteroatoms. The summed E-state index contributed by atoms with van der Waals surface area (Å²) in [6, 6.07) is 0. The van der Waals surface area contributed by atoms with Crippen LogP contribution in [0.2, 0.25) is 0 Å². The summed E-state index contributed by atoms with van der Waals surface area (Å²) in [6.07, 6.45) is 2.85. The van der Waals surface area contributed by atoms with Gasteiger partial charge in [-0.05, 0) is 18.6 Å². The van der Waals surface area contributed by atoms with Gasteiger partial charge in [-0.25, -0.2) is 0 Å². The van der Waals surface area contributed by atoms with E-state index in [4.69, 9.17) is 9.63 Å². The fourth-order valence-electron chi connectivity index (χ4n) is 1.37. The summed E-state index contributed by atoms with van der Waals surface area (Å²) in [7, 11) is 0. The highest BCUT2D eigenvalue weighted by Crippen LogP contribution is 2.38. The minimum Gasteiger partial charge on any atom is -0.396 e. The molecule has 1 fully saturated rings. The first-order chi connectivity index (χ1) is 6.40. The minimum atomic E-state index is 0.0801. The number of nitrogens with zero attached hydrogens (tertiary/aromatic N) is 2. The van der Waals surface area contributed by atoms with Crippen molar-refractivity contribution in [1.82, 2.24) is 10.1 Å². The van der Waals surface area contributed by atoms with E-state index < -0.39 is 0 Å². The van der Waals surface area contributed by atoms with Crippen molar-refractivity contribution in [2.24, 2.45) is 0 Å². The molecule has 1 N–H and O–H groups in total. The molecular formula is C8H12N2O2S. The maximum Gasteiger partial charge on any atom is 0.239 e. The quantitative estimate of drug-likeness (QED) is 0.793. The second kappa shape index (κ2) is 4.11. The van der Waals surface area contributed by atoms with E-state index in [2.05, 4.69) is 10.1 Å². The van der Waals surface area contributed by atoms with Crippen molar-refractivity contribution < 1.29 is 9.63 Å². The molecule has 0 spiro atoms. The van der Waals surface area contributed by atoms with Crippen molar-refractivity contribution >= 4 is 11.8 Å². The van der Waals surface area contributed by atoms with Gasteiger partial charge in [0.2, 0.25) is 5.89 Å². The van der Waals surface area contributed by atoms with Crippen LogP contribution in [0.5, 0.6) is 0 Å². The van der Waals surface area contributed by atoms with Crippen LogP contribution < -0.4 is 0 Å². The maximum atomic E-state index is 8.67. The molecule has 4 nitrogen and oxygen atoms in total. The Morgan fingerprint density at radius 3 is 3.23 bits per heavy atom. The van der Waals surface area contributed by atoms with Gasteiger partial charge in [0.15, 0.2) is 5.82 Å². The summed E-state index contributed by atoms with van der Waals surface area (Å²) in [5.74, 6) is 2.53. The fourth-order valence-corrected chi connectivity index (χ4v) is 2.56. The van der Waals surface area contributed by atoms with Gasteiger partial charge in [0, 0.05) is 6.42 Å². The fraction of sp³-hybridized carbons (Fsp3) is 0.750. The average molecular weight is 200 g/mol. The molecule has 1 saturated heterocycles. The molecule has 0 radical (unpaired) electrons. The van der Waals surface area contributed by atoms with Crippen LogP contribution >= 0.6 is 11.8 Å². The normalized spacial score (nSPS) is 22.4. The predicted molar refractivity (Wildman–Crippen MR) is 49.5 cm³/mol. The first-order valence-corrected chi connectivity index (χ1v) is 5.50. The van der Waals surface area contributed by atoms with E-state index in [1.807, 2.05) is 11.8 Å². The van der Waals surface area contributed by atoms with Gasteiger partial charge in [-0.3, -0.25) is 0 Å². The third-order valence-corrected chi connectivity index (χ3v) is 3.39. The first kappa shape index (κ1) is 9.02. The van der Waals surface area contributed by atoms with Gasteiger partial charge >= 0.3 is 0 Å². The van der Waals surface area contributed by atoms with Gasteiger partial charge in [0.05, 0.1) is 11.9 Å². The Morgan fingerprint density at radius 1 is 1.62 bits per heavy atom. The summed E-state index contributed by atoms with van der Waals surface area (Å²) in [5, 5.41) is 12.8. The lowest BCUT2D eigenvalue weighted by atomic mass is 10.2. The van der Waals surface area contributed by atoms with Crippen molar-refractivity contribution in [2.45, 2.75) is 24.5 Å². The van der Waals surface area contributed by atoms with E-state index in [0.29, 0.717) is 17.5 Å². The molecule has 1 aliphatic rings. The molecule has 0 bridgehead atoms. The Kier molecular flexibility index (Phi) is 2.85. The Labute approximate surface area is 80.7 Å². The van der Waals surface area contributed by atoms with Crippen LogP contribution in [0.1, 0.15) is 29.8 Å². The van der Waals surface area contributed by atoms with E-state index in [1.165, 1.54) is 12.2 Å². The second-order valence-corrected chi connectivity index (χ2v) is 4.33. The van der Waals surface area contributed by atoms with E-state index in [1.54, 1.807) is 0 Å². The SMILES string of the molecule is OCCc1noc(C2CCCS2)n1. The average Bonchev–Trinajstić information content (AvgIpc) is 2.70. The zero-order valence-electron chi connectivity index (χ0n) is 7.27. The van der Waals surface area contributed by atoms with Crippen molar-refractivity contribution in [3.63, 3.8) is 0 Å². The number of thioether (sulfide) groups is 1. The van der Waals surface area contributed by atoms with Crippen LogP contribution in [0.4, 0.5) is 0 Å². The predicted octanol–water partition coefficient (Wildman–Crippen LogP) is 1.17. The molecule has 2 heterocycles. The topological polar surface area (TPSA) is 59.2 Å². The van der Waals surface area contributed by atoms with E-state index >= 15 is 0 Å². The van der Waals surface area contributed by atoms with Crippen molar-refractivity contribution in [2.75, 3.05) is 12.4 Å². The minimum absolute atomic E-state index is 0.0801. The highest BCUT2D eigenvalue weighted by atomic mass is 32.2. The lowest BCUT2D eigenvalue weighted by molar-refractivity contribution is 0.292. The molecule has 0 saturated carbocycles. The largest absolute Gasteiger partial charge is 0.396 e. The van der Waals surface area contributed by atoms with Crippen LogP contribution in [0.3, 0.4) is 0 Å². The highest BCUT2D eigenvalue weighted by Gasteiger charge is 2.23. The van der Waals surface area contributed by atoms with E-state index in [-0.39, 0.29) is 6.61 Å². The Balaban J connectivity index is 2.03. The number of hydrogen-bond acceptors (Lipinski definition) is 5. The highest BCUT2D eigenvalue weighted by molar-refractivity contribution is 7.99. The zero-order valence-corrected chi connectivity index (χ0v) is 8.09. The Bertz CT molecular complexity index is 271. The monoisotopic (exact) mass is 200 g/mol. The smallest absolute Gasteiger partial charge is 0.239 e. The first-order valence-electron chi connectivity index (χ1n) is 4.45. The molecular weight excluding hydrogens is 188 g/mol. The Morgan fingerprint density at radius 2 is 2.54 bits per heavy atom. The Hall–Kier alpha value is -0.550. The molecule has 13 heavy (non-hydrogen) atoms. The van der Waals surface area contributed by atoms with Crippen LogP contribution in [0.25, 0.3) is 0 Å². The van der Waals surface area contributed by atoms with Gasteiger partial charge in [0.25, 0.3) is 0 Å². The molecule has 72 valence electrons. The zero-order chi connectivity index (χ0) is 9.10. The lowest BCUT2D eigenvalue weighted by Gasteiger charge is -1.98. The van der Waals surface area contributed by atoms with Gasteiger partial charge in [-0.2, -0.15) is 4.98 Å². The number of rotatable bonds is 3. The van der Waals surface area contributed by atoms with Gasteiger partial charge in [0.1, 0.15) is 0 Å². The van der Waals surface area contributed by atoms with Crippen LogP contribution in [0, 0.1) is 0 Å². The summed E-state index contributed by atoms with van der Waals surface area (Å²) in [4.78, 5) is 4.22. The van der Waals surface area contributed by atoms with Crippen LogP contribution in [0.15, 0.2) is 4.52 Å². The van der Waals surface area contributed by atoms with Crippen molar-refractivity contribution in [3.8, 4) is 0 Å². The van der Waals surface area contributed by atoms with Crippen molar-refractivity contribution in [3.05, 3.63) is 11.7 Å². The molecule has 1 aromatic heterocycles. The number of aromatic nitrogens is 2. The number of aliphatic hydroxyl groups is 1. The molecule has 1 unspecified atom stereocenters. The molecule has 1 atom stereocenters. The van der Waals surface area contributed by atoms with E-state index in [0.717, 1.165) is 12.3 Å². The van der Waals surface area contributed by atoms with Crippen LogP contribution in [-0.2, 0) is 6.42 Å². The lowest BCUT2D eigenvalue weighted by Crippen LogP contribution is -1.94. The number of hydrogen-bond donors (Lipinski definition) is 1. The standard InChI is InChI=1S/C8H12N2O2S/c11-4-3-7-9-8(12-10-7)6-2-1-5-13-6/h6,11H,1-5H2. The van der Waals surface area contributed by atoms with Gasteiger partial charge in [-0.15, -0.1) is 11.8 Å². The van der Waals surface area contributed by atoms with Gasteiger partial charge in [-0.1, -0.05) is 5.16 Å². The van der Waals surface area contributed by atoms with Gasteiger partial charge < -0.3 is 9.63 Å².